The Kier molecular flexibility index (Phi) is 2.85. The molecule has 15 heavy (non-hydrogen) atoms. The molecule has 0 atom stereocenters. The summed E-state index contributed by atoms with van der Waals surface area (Å²) in [6.45, 7) is 2.72. The first-order valence-corrected chi connectivity index (χ1v) is 6.14. The van der Waals surface area contributed by atoms with Crippen molar-refractivity contribution in [3.05, 3.63) is 12.4 Å². The van der Waals surface area contributed by atoms with Crippen LogP contribution in [0.1, 0.15) is 13.8 Å². The van der Waals surface area contributed by atoms with Gasteiger partial charge in [0.25, 0.3) is 0 Å². The van der Waals surface area contributed by atoms with Crippen LogP contribution in [-0.4, -0.2) is 35.5 Å². The number of hydrogen-bond acceptors (Lipinski definition) is 4. The second-order valence-corrected chi connectivity index (χ2v) is 6.29. The molecule has 0 aromatic carbocycles. The number of nitrogens with zero attached hydrogens (tertiary/aromatic N) is 1. The van der Waals surface area contributed by atoms with Crippen molar-refractivity contribution in [3.8, 4) is 0 Å². The van der Waals surface area contributed by atoms with Crippen LogP contribution in [0.5, 0.6) is 0 Å². The van der Waals surface area contributed by atoms with Crippen molar-refractivity contribution in [3.63, 3.8) is 0 Å². The number of H-pyrrole nitrogens is 1. The molecule has 84 valence electrons. The van der Waals surface area contributed by atoms with Crippen molar-refractivity contribution >= 4 is 21.4 Å². The zero-order valence-corrected chi connectivity index (χ0v) is 9.55. The Bertz CT molecular complexity index is 447. The summed E-state index contributed by atoms with van der Waals surface area (Å²) < 4.78 is 21.2. The van der Waals surface area contributed by atoms with Crippen molar-refractivity contribution < 1.29 is 13.2 Å². The summed E-state index contributed by atoms with van der Waals surface area (Å²) in [6, 6.07) is 0. The topological polar surface area (TPSA) is 91.9 Å². The SMILES string of the molecule is CC(C)(C(=O)Nc1cn[nH]c1)S(C)(=O)=O. The van der Waals surface area contributed by atoms with Crippen LogP contribution in [0.3, 0.4) is 0 Å². The second kappa shape index (κ2) is 3.65. The predicted molar refractivity (Wildman–Crippen MR) is 56.1 cm³/mol. The minimum Gasteiger partial charge on any atom is -0.322 e. The van der Waals surface area contributed by atoms with E-state index in [0.717, 1.165) is 6.26 Å². The van der Waals surface area contributed by atoms with Crippen LogP contribution >= 0.6 is 0 Å². The zero-order valence-electron chi connectivity index (χ0n) is 8.73. The van der Waals surface area contributed by atoms with Gasteiger partial charge in [0.1, 0.15) is 4.75 Å². The van der Waals surface area contributed by atoms with E-state index in [4.69, 9.17) is 0 Å². The minimum absolute atomic E-state index is 0.441. The lowest BCUT2D eigenvalue weighted by Crippen LogP contribution is -2.43. The maximum absolute atomic E-state index is 11.6. The largest absolute Gasteiger partial charge is 0.322 e. The number of aromatic nitrogens is 2. The Morgan fingerprint density at radius 2 is 2.13 bits per heavy atom. The standard InChI is InChI=1S/C8H13N3O3S/c1-8(2,15(3,13)14)7(12)11-6-4-9-10-5-6/h4-5H,1-3H3,(H,9,10)(H,11,12). The lowest BCUT2D eigenvalue weighted by molar-refractivity contribution is -0.117. The van der Waals surface area contributed by atoms with Gasteiger partial charge < -0.3 is 5.32 Å². The van der Waals surface area contributed by atoms with Crippen LogP contribution in [0.25, 0.3) is 0 Å². The molecule has 6 nitrogen and oxygen atoms in total. The van der Waals surface area contributed by atoms with Crippen molar-refractivity contribution in [2.45, 2.75) is 18.6 Å². The molecule has 0 aliphatic heterocycles. The molecule has 0 fully saturated rings. The third-order valence-corrected chi connectivity index (χ3v) is 4.27. The van der Waals surface area contributed by atoms with Crippen molar-refractivity contribution in [1.29, 1.82) is 0 Å². The minimum atomic E-state index is -3.45. The van der Waals surface area contributed by atoms with E-state index in [1.54, 1.807) is 0 Å². The number of nitrogens with one attached hydrogen (secondary N) is 2. The molecule has 1 aromatic heterocycles. The molecule has 0 bridgehead atoms. The summed E-state index contributed by atoms with van der Waals surface area (Å²) in [7, 11) is -3.45. The first-order valence-electron chi connectivity index (χ1n) is 4.25. The maximum atomic E-state index is 11.6. The van der Waals surface area contributed by atoms with E-state index in [9.17, 15) is 13.2 Å². The van der Waals surface area contributed by atoms with Gasteiger partial charge in [0.15, 0.2) is 9.84 Å². The van der Waals surface area contributed by atoms with E-state index in [1.165, 1.54) is 26.2 Å². The highest BCUT2D eigenvalue weighted by Crippen LogP contribution is 2.17. The molecule has 1 aromatic rings. The van der Waals surface area contributed by atoms with E-state index >= 15 is 0 Å². The first kappa shape index (κ1) is 11.7. The van der Waals surface area contributed by atoms with Gasteiger partial charge in [-0.3, -0.25) is 9.89 Å². The number of hydrogen-bond donors (Lipinski definition) is 2. The van der Waals surface area contributed by atoms with Gasteiger partial charge in [-0.05, 0) is 13.8 Å². The fourth-order valence-electron chi connectivity index (χ4n) is 0.769. The Morgan fingerprint density at radius 1 is 1.53 bits per heavy atom. The summed E-state index contributed by atoms with van der Waals surface area (Å²) in [4.78, 5) is 11.6. The average Bonchev–Trinajstić information content (AvgIpc) is 2.54. The van der Waals surface area contributed by atoms with Gasteiger partial charge in [0.2, 0.25) is 5.91 Å². The molecule has 0 saturated heterocycles. The number of sulfone groups is 1. The van der Waals surface area contributed by atoms with Gasteiger partial charge in [-0.15, -0.1) is 0 Å². The Balaban J connectivity index is 2.87. The maximum Gasteiger partial charge on any atom is 0.245 e. The smallest absolute Gasteiger partial charge is 0.245 e. The van der Waals surface area contributed by atoms with Crippen molar-refractivity contribution in [2.24, 2.45) is 0 Å². The molecule has 7 heteroatoms. The lowest BCUT2D eigenvalue weighted by Gasteiger charge is -2.20. The van der Waals surface area contributed by atoms with Gasteiger partial charge in [0, 0.05) is 12.5 Å². The van der Waals surface area contributed by atoms with Crippen LogP contribution in [0.4, 0.5) is 5.69 Å². The fraction of sp³-hybridized carbons (Fsp3) is 0.500. The molecular formula is C8H13N3O3S. The highest BCUT2D eigenvalue weighted by atomic mass is 32.2. The monoisotopic (exact) mass is 231 g/mol. The molecule has 0 aliphatic rings. The summed E-state index contributed by atoms with van der Waals surface area (Å²) in [5.41, 5.74) is 0.441. The molecule has 0 spiro atoms. The summed E-state index contributed by atoms with van der Waals surface area (Å²) >= 11 is 0. The van der Waals surface area contributed by atoms with E-state index in [1.807, 2.05) is 0 Å². The summed E-state index contributed by atoms with van der Waals surface area (Å²) in [6.07, 6.45) is 3.90. The lowest BCUT2D eigenvalue weighted by atomic mass is 10.2. The number of aromatic amines is 1. The Hall–Kier alpha value is -1.37. The number of anilines is 1. The highest BCUT2D eigenvalue weighted by Gasteiger charge is 2.38. The Labute approximate surface area is 88.0 Å². The van der Waals surface area contributed by atoms with Gasteiger partial charge >= 0.3 is 0 Å². The van der Waals surface area contributed by atoms with E-state index in [2.05, 4.69) is 15.5 Å². The van der Waals surface area contributed by atoms with Crippen LogP contribution in [-0.2, 0) is 14.6 Å². The van der Waals surface area contributed by atoms with Crippen LogP contribution in [0.2, 0.25) is 0 Å². The quantitative estimate of drug-likeness (QED) is 0.775. The summed E-state index contributed by atoms with van der Waals surface area (Å²) in [5, 5.41) is 8.60. The molecule has 1 amide bonds. The van der Waals surface area contributed by atoms with E-state index < -0.39 is 20.5 Å². The fourth-order valence-corrected chi connectivity index (χ4v) is 1.16. The molecule has 0 aliphatic carbocycles. The van der Waals surface area contributed by atoms with Crippen LogP contribution < -0.4 is 5.32 Å². The third-order valence-electron chi connectivity index (χ3n) is 2.23. The molecule has 1 heterocycles. The van der Waals surface area contributed by atoms with Crippen molar-refractivity contribution in [1.82, 2.24) is 10.2 Å². The number of carbonyl (C=O) groups excluding carboxylic acids is 1. The summed E-state index contributed by atoms with van der Waals surface area (Å²) in [5.74, 6) is -0.577. The zero-order chi connectivity index (χ0) is 11.7. The van der Waals surface area contributed by atoms with Crippen LogP contribution in [0, 0.1) is 0 Å². The van der Waals surface area contributed by atoms with Crippen molar-refractivity contribution in [2.75, 3.05) is 11.6 Å². The molecule has 1 rings (SSSR count). The second-order valence-electron chi connectivity index (χ2n) is 3.72. The van der Waals surface area contributed by atoms with E-state index in [-0.39, 0.29) is 0 Å². The molecular weight excluding hydrogens is 218 g/mol. The number of rotatable bonds is 3. The molecule has 0 radical (unpaired) electrons. The average molecular weight is 231 g/mol. The predicted octanol–water partition coefficient (Wildman–Crippen LogP) is 0.171. The molecule has 2 N–H and O–H groups in total. The first-order chi connectivity index (χ1) is 6.75. The molecule has 0 saturated carbocycles. The van der Waals surface area contributed by atoms with Gasteiger partial charge in [-0.1, -0.05) is 0 Å². The van der Waals surface area contributed by atoms with Crippen LogP contribution in [0.15, 0.2) is 12.4 Å². The normalized spacial score (nSPS) is 12.5. The number of amides is 1. The highest BCUT2D eigenvalue weighted by molar-refractivity contribution is 7.92. The third kappa shape index (κ3) is 2.35. The van der Waals surface area contributed by atoms with E-state index in [0.29, 0.717) is 5.69 Å². The van der Waals surface area contributed by atoms with Gasteiger partial charge in [0.05, 0.1) is 11.9 Å². The number of carbonyl (C=O) groups is 1. The van der Waals surface area contributed by atoms with Gasteiger partial charge in [-0.2, -0.15) is 5.10 Å². The van der Waals surface area contributed by atoms with Gasteiger partial charge in [-0.25, -0.2) is 8.42 Å². The molecule has 0 unspecified atom stereocenters. The Morgan fingerprint density at radius 3 is 2.53 bits per heavy atom.